The first-order chi connectivity index (χ1) is 5.70. The van der Waals surface area contributed by atoms with Crippen LogP contribution in [0.25, 0.3) is 0 Å². The molecular weight excluding hydrogens is 236 g/mol. The lowest BCUT2D eigenvalue weighted by molar-refractivity contribution is 0.220. The molecule has 1 N–H and O–H groups in total. The summed E-state index contributed by atoms with van der Waals surface area (Å²) in [5.41, 5.74) is 0. The Balaban J connectivity index is 2.57. The Labute approximate surface area is 85.3 Å². The van der Waals surface area contributed by atoms with Crippen LogP contribution in [-0.2, 0) is 0 Å². The van der Waals surface area contributed by atoms with Gasteiger partial charge in [0.05, 0.1) is 6.10 Å². The molecule has 0 spiro atoms. The van der Waals surface area contributed by atoms with Gasteiger partial charge in [-0.3, -0.25) is 0 Å². The van der Waals surface area contributed by atoms with E-state index in [0.29, 0.717) is 0 Å². The van der Waals surface area contributed by atoms with Gasteiger partial charge >= 0.3 is 0 Å². The summed E-state index contributed by atoms with van der Waals surface area (Å²) in [6, 6.07) is 8.02. The average molecular weight is 247 g/mol. The van der Waals surface area contributed by atoms with E-state index in [2.05, 4.69) is 15.9 Å². The molecule has 0 aliphatic rings. The molecule has 1 rings (SSSR count). The first-order valence-corrected chi connectivity index (χ1v) is 5.53. The van der Waals surface area contributed by atoms with Crippen molar-refractivity contribution in [1.29, 1.82) is 0 Å². The molecule has 0 heterocycles. The van der Waals surface area contributed by atoms with Crippen molar-refractivity contribution in [1.82, 2.24) is 0 Å². The smallest absolute Gasteiger partial charge is 0.0606 e. The molecule has 0 amide bonds. The summed E-state index contributed by atoms with van der Waals surface area (Å²) in [6.45, 7) is 1.80. The lowest BCUT2D eigenvalue weighted by atomic mass is 10.4. The van der Waals surface area contributed by atoms with E-state index in [1.807, 2.05) is 24.3 Å². The van der Waals surface area contributed by atoms with Crippen molar-refractivity contribution in [2.75, 3.05) is 5.75 Å². The molecule has 0 saturated carbocycles. The molecule has 12 heavy (non-hydrogen) atoms. The summed E-state index contributed by atoms with van der Waals surface area (Å²) in [4.78, 5) is 1.18. The van der Waals surface area contributed by atoms with Crippen LogP contribution in [-0.4, -0.2) is 17.0 Å². The minimum absolute atomic E-state index is 0.248. The molecular formula is C9H11BrOS. The summed E-state index contributed by atoms with van der Waals surface area (Å²) < 4.78 is 1.09. The van der Waals surface area contributed by atoms with Gasteiger partial charge in [0.2, 0.25) is 0 Å². The molecule has 1 nitrogen and oxygen atoms in total. The number of aliphatic hydroxyl groups excluding tert-OH is 1. The lowest BCUT2D eigenvalue weighted by Crippen LogP contribution is -2.02. The van der Waals surface area contributed by atoms with Crippen LogP contribution >= 0.6 is 27.7 Å². The summed E-state index contributed by atoms with van der Waals surface area (Å²) in [5.74, 6) is 0.739. The highest BCUT2D eigenvalue weighted by atomic mass is 79.9. The van der Waals surface area contributed by atoms with E-state index in [9.17, 15) is 0 Å². The fourth-order valence-electron chi connectivity index (χ4n) is 0.772. The maximum atomic E-state index is 9.07. The molecule has 3 heteroatoms. The van der Waals surface area contributed by atoms with Crippen LogP contribution in [0.1, 0.15) is 6.92 Å². The average Bonchev–Trinajstić information content (AvgIpc) is 2.03. The summed E-state index contributed by atoms with van der Waals surface area (Å²) in [6.07, 6.45) is -0.248. The van der Waals surface area contributed by atoms with Gasteiger partial charge in [0.1, 0.15) is 0 Å². The molecule has 0 saturated heterocycles. The third kappa shape index (κ3) is 3.17. The van der Waals surface area contributed by atoms with Gasteiger partial charge in [-0.2, -0.15) is 0 Å². The fraction of sp³-hybridized carbons (Fsp3) is 0.333. The number of thioether (sulfide) groups is 1. The van der Waals surface area contributed by atoms with Crippen molar-refractivity contribution in [3.63, 3.8) is 0 Å². The Bertz CT molecular complexity index is 250. The molecule has 0 unspecified atom stereocenters. The largest absolute Gasteiger partial charge is 0.393 e. The number of halogens is 1. The first-order valence-electron chi connectivity index (χ1n) is 3.75. The molecule has 1 aromatic rings. The number of benzene rings is 1. The zero-order chi connectivity index (χ0) is 8.97. The number of aliphatic hydroxyl groups is 1. The Morgan fingerprint density at radius 2 is 2.17 bits per heavy atom. The highest BCUT2D eigenvalue weighted by Crippen LogP contribution is 2.27. The predicted molar refractivity (Wildman–Crippen MR) is 56.5 cm³/mol. The fourth-order valence-corrected chi connectivity index (χ4v) is 2.20. The van der Waals surface area contributed by atoms with Crippen molar-refractivity contribution in [3.8, 4) is 0 Å². The van der Waals surface area contributed by atoms with Gasteiger partial charge < -0.3 is 5.11 Å². The number of rotatable bonds is 3. The van der Waals surface area contributed by atoms with E-state index in [1.54, 1.807) is 18.7 Å². The SMILES string of the molecule is C[C@@H](O)CSc1ccccc1Br. The molecule has 66 valence electrons. The topological polar surface area (TPSA) is 20.2 Å². The van der Waals surface area contributed by atoms with Crippen molar-refractivity contribution in [2.24, 2.45) is 0 Å². The summed E-state index contributed by atoms with van der Waals surface area (Å²) in [7, 11) is 0. The van der Waals surface area contributed by atoms with Crippen molar-refractivity contribution >= 4 is 27.7 Å². The van der Waals surface area contributed by atoms with E-state index in [4.69, 9.17) is 5.11 Å². The number of hydrogen-bond acceptors (Lipinski definition) is 2. The van der Waals surface area contributed by atoms with E-state index < -0.39 is 0 Å². The van der Waals surface area contributed by atoms with Crippen molar-refractivity contribution in [2.45, 2.75) is 17.9 Å². The Morgan fingerprint density at radius 3 is 2.75 bits per heavy atom. The normalized spacial score (nSPS) is 12.9. The standard InChI is InChI=1S/C9H11BrOS/c1-7(11)6-12-9-5-3-2-4-8(9)10/h2-5,7,11H,6H2,1H3/t7-/m1/s1. The van der Waals surface area contributed by atoms with Crippen LogP contribution in [0.3, 0.4) is 0 Å². The Kier molecular flexibility index (Phi) is 4.12. The Morgan fingerprint density at radius 1 is 1.50 bits per heavy atom. The van der Waals surface area contributed by atoms with Gasteiger partial charge in [0.15, 0.2) is 0 Å². The molecule has 0 aliphatic carbocycles. The van der Waals surface area contributed by atoms with E-state index in [-0.39, 0.29) is 6.10 Å². The van der Waals surface area contributed by atoms with Gasteiger partial charge in [-0.05, 0) is 35.0 Å². The van der Waals surface area contributed by atoms with Crippen LogP contribution in [0.15, 0.2) is 33.6 Å². The summed E-state index contributed by atoms with van der Waals surface area (Å²) in [5, 5.41) is 9.07. The van der Waals surface area contributed by atoms with Crippen LogP contribution in [0, 0.1) is 0 Å². The van der Waals surface area contributed by atoms with Crippen LogP contribution in [0.2, 0.25) is 0 Å². The van der Waals surface area contributed by atoms with Gasteiger partial charge in [-0.25, -0.2) is 0 Å². The molecule has 0 bridgehead atoms. The highest BCUT2D eigenvalue weighted by Gasteiger charge is 2.00. The van der Waals surface area contributed by atoms with Crippen LogP contribution in [0.4, 0.5) is 0 Å². The second kappa shape index (κ2) is 4.90. The van der Waals surface area contributed by atoms with Crippen LogP contribution in [0.5, 0.6) is 0 Å². The zero-order valence-corrected chi connectivity index (χ0v) is 9.23. The molecule has 1 atom stereocenters. The molecule has 0 radical (unpaired) electrons. The first kappa shape index (κ1) is 10.1. The van der Waals surface area contributed by atoms with Gasteiger partial charge in [-0.15, -0.1) is 11.8 Å². The third-order valence-corrected chi connectivity index (χ3v) is 3.59. The lowest BCUT2D eigenvalue weighted by Gasteiger charge is -2.05. The number of hydrogen-bond donors (Lipinski definition) is 1. The minimum Gasteiger partial charge on any atom is -0.393 e. The maximum absolute atomic E-state index is 9.07. The van der Waals surface area contributed by atoms with E-state index in [0.717, 1.165) is 10.2 Å². The van der Waals surface area contributed by atoms with Crippen molar-refractivity contribution in [3.05, 3.63) is 28.7 Å². The molecule has 0 aliphatic heterocycles. The highest BCUT2D eigenvalue weighted by molar-refractivity contribution is 9.10. The van der Waals surface area contributed by atoms with Gasteiger partial charge in [0.25, 0.3) is 0 Å². The molecule has 1 aromatic carbocycles. The zero-order valence-electron chi connectivity index (χ0n) is 6.83. The predicted octanol–water partition coefficient (Wildman–Crippen LogP) is 2.92. The monoisotopic (exact) mass is 246 g/mol. The second-order valence-electron chi connectivity index (χ2n) is 2.59. The van der Waals surface area contributed by atoms with Gasteiger partial charge in [0, 0.05) is 15.1 Å². The van der Waals surface area contributed by atoms with Crippen LogP contribution < -0.4 is 0 Å². The molecule has 0 aromatic heterocycles. The summed E-state index contributed by atoms with van der Waals surface area (Å²) >= 11 is 5.10. The Hall–Kier alpha value is 0.01000. The van der Waals surface area contributed by atoms with Crippen molar-refractivity contribution < 1.29 is 5.11 Å². The minimum atomic E-state index is -0.248. The van der Waals surface area contributed by atoms with E-state index >= 15 is 0 Å². The van der Waals surface area contributed by atoms with E-state index in [1.165, 1.54) is 4.90 Å². The maximum Gasteiger partial charge on any atom is 0.0606 e. The second-order valence-corrected chi connectivity index (χ2v) is 4.51. The third-order valence-electron chi connectivity index (χ3n) is 1.32. The quantitative estimate of drug-likeness (QED) is 0.829. The van der Waals surface area contributed by atoms with Gasteiger partial charge in [-0.1, -0.05) is 12.1 Å². The molecule has 0 fully saturated rings.